The van der Waals surface area contributed by atoms with Crippen LogP contribution in [0.4, 0.5) is 10.5 Å². The number of thioether (sulfide) groups is 1. The third-order valence-corrected chi connectivity index (χ3v) is 4.79. The van der Waals surface area contributed by atoms with Crippen molar-refractivity contribution in [1.82, 2.24) is 0 Å². The molecule has 122 valence electrons. The Balaban J connectivity index is 1.95. The topological polar surface area (TPSA) is 46.6 Å². The van der Waals surface area contributed by atoms with Crippen molar-refractivity contribution in [2.24, 2.45) is 0 Å². The first-order chi connectivity index (χ1) is 11.5. The molecule has 0 aromatic heterocycles. The monoisotopic (exact) mass is 379 g/mol. The maximum Gasteiger partial charge on any atom is 0.298 e. The van der Waals surface area contributed by atoms with Crippen LogP contribution in [0, 0.1) is 0 Å². The summed E-state index contributed by atoms with van der Waals surface area (Å²) < 4.78 is 5.13. The van der Waals surface area contributed by atoms with Gasteiger partial charge in [-0.25, -0.2) is 4.90 Å². The Kier molecular flexibility index (Phi) is 4.85. The highest BCUT2D eigenvalue weighted by Crippen LogP contribution is 2.37. The van der Waals surface area contributed by atoms with Gasteiger partial charge in [-0.15, -0.1) is 0 Å². The number of carbonyl (C=O) groups is 2. The standard InChI is InChI=1S/C17H11Cl2NO3S/c1-23-13-4-2-3-12(9-13)20-16(21)15(24-17(20)22)7-10-5-6-11(18)8-14(10)19/h2-9H,1H3/b15-7-. The number of carbonyl (C=O) groups excluding carboxylic acids is 2. The van der Waals surface area contributed by atoms with Gasteiger partial charge in [0.2, 0.25) is 0 Å². The fourth-order valence-electron chi connectivity index (χ4n) is 2.20. The van der Waals surface area contributed by atoms with Crippen molar-refractivity contribution in [2.75, 3.05) is 12.0 Å². The van der Waals surface area contributed by atoms with Crippen molar-refractivity contribution >= 4 is 57.9 Å². The molecule has 4 nitrogen and oxygen atoms in total. The highest BCUT2D eigenvalue weighted by molar-refractivity contribution is 8.19. The predicted molar refractivity (Wildman–Crippen MR) is 97.9 cm³/mol. The second-order valence-corrected chi connectivity index (χ2v) is 6.72. The molecular formula is C17H11Cl2NO3S. The van der Waals surface area contributed by atoms with E-state index in [1.807, 2.05) is 0 Å². The lowest BCUT2D eigenvalue weighted by Crippen LogP contribution is -2.27. The lowest BCUT2D eigenvalue weighted by Gasteiger charge is -2.13. The normalized spacial score (nSPS) is 16.1. The summed E-state index contributed by atoms with van der Waals surface area (Å²) >= 11 is 12.8. The number of rotatable bonds is 3. The molecule has 0 bridgehead atoms. The quantitative estimate of drug-likeness (QED) is 0.683. The minimum atomic E-state index is -0.399. The van der Waals surface area contributed by atoms with E-state index in [0.29, 0.717) is 32.0 Å². The SMILES string of the molecule is COc1cccc(N2C(=O)S/C(=C\c3ccc(Cl)cc3Cl)C2=O)c1. The summed E-state index contributed by atoms with van der Waals surface area (Å²) in [4.78, 5) is 26.3. The predicted octanol–water partition coefficient (Wildman–Crippen LogP) is 5.24. The number of methoxy groups -OCH3 is 1. The molecular weight excluding hydrogens is 369 g/mol. The molecule has 0 atom stereocenters. The van der Waals surface area contributed by atoms with E-state index in [-0.39, 0.29) is 5.24 Å². The number of hydrogen-bond acceptors (Lipinski definition) is 4. The summed E-state index contributed by atoms with van der Waals surface area (Å²) in [6.45, 7) is 0. The van der Waals surface area contributed by atoms with E-state index < -0.39 is 5.91 Å². The summed E-state index contributed by atoms with van der Waals surface area (Å²) in [6, 6.07) is 11.7. The Bertz CT molecular complexity index is 867. The highest BCUT2D eigenvalue weighted by Gasteiger charge is 2.36. The van der Waals surface area contributed by atoms with E-state index >= 15 is 0 Å². The van der Waals surface area contributed by atoms with Crippen LogP contribution in [0.5, 0.6) is 5.75 Å². The van der Waals surface area contributed by atoms with Gasteiger partial charge in [0.1, 0.15) is 5.75 Å². The first kappa shape index (κ1) is 16.9. The third-order valence-electron chi connectivity index (χ3n) is 3.35. The second kappa shape index (κ2) is 6.89. The maximum atomic E-state index is 12.6. The molecule has 1 saturated heterocycles. The van der Waals surface area contributed by atoms with Crippen LogP contribution < -0.4 is 9.64 Å². The molecule has 1 fully saturated rings. The van der Waals surface area contributed by atoms with Crippen LogP contribution in [0.2, 0.25) is 10.0 Å². The van der Waals surface area contributed by atoms with Crippen molar-refractivity contribution in [1.29, 1.82) is 0 Å². The van der Waals surface area contributed by atoms with E-state index in [1.165, 1.54) is 7.11 Å². The molecule has 0 aliphatic carbocycles. The minimum absolute atomic E-state index is 0.298. The van der Waals surface area contributed by atoms with Gasteiger partial charge in [0.15, 0.2) is 0 Å². The van der Waals surface area contributed by atoms with Gasteiger partial charge in [0.05, 0.1) is 17.7 Å². The molecule has 2 aromatic carbocycles. The molecule has 24 heavy (non-hydrogen) atoms. The zero-order valence-corrected chi connectivity index (χ0v) is 14.8. The lowest BCUT2D eigenvalue weighted by molar-refractivity contribution is -0.113. The molecule has 7 heteroatoms. The smallest absolute Gasteiger partial charge is 0.298 e. The minimum Gasteiger partial charge on any atom is -0.497 e. The highest BCUT2D eigenvalue weighted by atomic mass is 35.5. The lowest BCUT2D eigenvalue weighted by atomic mass is 10.2. The molecule has 1 aliphatic heterocycles. The molecule has 0 unspecified atom stereocenters. The number of benzene rings is 2. The fraction of sp³-hybridized carbons (Fsp3) is 0.0588. The van der Waals surface area contributed by atoms with Gasteiger partial charge >= 0.3 is 0 Å². The van der Waals surface area contributed by atoms with Gasteiger partial charge in [-0.3, -0.25) is 9.59 Å². The van der Waals surface area contributed by atoms with Gasteiger partial charge in [-0.2, -0.15) is 0 Å². The van der Waals surface area contributed by atoms with Gasteiger partial charge in [0, 0.05) is 16.1 Å². The maximum absolute atomic E-state index is 12.6. The summed E-state index contributed by atoms with van der Waals surface area (Å²) in [7, 11) is 1.52. The number of hydrogen-bond donors (Lipinski definition) is 0. The van der Waals surface area contributed by atoms with Crippen LogP contribution in [-0.2, 0) is 4.79 Å². The number of amides is 2. The summed E-state index contributed by atoms with van der Waals surface area (Å²) in [6.07, 6.45) is 1.59. The largest absolute Gasteiger partial charge is 0.497 e. The van der Waals surface area contributed by atoms with E-state index in [0.717, 1.165) is 16.7 Å². The molecule has 0 radical (unpaired) electrons. The van der Waals surface area contributed by atoms with Crippen LogP contribution in [0.3, 0.4) is 0 Å². The summed E-state index contributed by atoms with van der Waals surface area (Å²) in [5.74, 6) is 0.167. The number of halogens is 2. The molecule has 3 rings (SSSR count). The van der Waals surface area contributed by atoms with Crippen molar-refractivity contribution in [2.45, 2.75) is 0 Å². The molecule has 0 saturated carbocycles. The Morgan fingerprint density at radius 1 is 1.12 bits per heavy atom. The van der Waals surface area contributed by atoms with E-state index in [9.17, 15) is 9.59 Å². The molecule has 2 amide bonds. The average molecular weight is 380 g/mol. The first-order valence-electron chi connectivity index (χ1n) is 6.86. The third kappa shape index (κ3) is 3.29. The average Bonchev–Trinajstić information content (AvgIpc) is 2.84. The zero-order chi connectivity index (χ0) is 17.3. The van der Waals surface area contributed by atoms with Crippen molar-refractivity contribution in [3.8, 4) is 5.75 Å². The Morgan fingerprint density at radius 3 is 2.62 bits per heavy atom. The van der Waals surface area contributed by atoms with Gasteiger partial charge < -0.3 is 4.74 Å². The summed E-state index contributed by atoms with van der Waals surface area (Å²) in [5.41, 5.74) is 1.08. The van der Waals surface area contributed by atoms with Crippen molar-refractivity contribution in [3.63, 3.8) is 0 Å². The Morgan fingerprint density at radius 2 is 1.92 bits per heavy atom. The van der Waals surface area contributed by atoms with Crippen molar-refractivity contribution < 1.29 is 14.3 Å². The Hall–Kier alpha value is -1.95. The molecule has 0 spiro atoms. The second-order valence-electron chi connectivity index (χ2n) is 4.88. The molecule has 1 heterocycles. The molecule has 0 N–H and O–H groups in total. The van der Waals surface area contributed by atoms with Crippen LogP contribution in [0.15, 0.2) is 47.4 Å². The zero-order valence-electron chi connectivity index (χ0n) is 12.5. The number of imide groups is 1. The van der Waals surface area contributed by atoms with Crippen LogP contribution in [0.25, 0.3) is 6.08 Å². The van der Waals surface area contributed by atoms with E-state index in [1.54, 1.807) is 48.5 Å². The first-order valence-corrected chi connectivity index (χ1v) is 8.44. The summed E-state index contributed by atoms with van der Waals surface area (Å²) in [5, 5.41) is 0.543. The van der Waals surface area contributed by atoms with Gasteiger partial charge in [-0.1, -0.05) is 35.3 Å². The van der Waals surface area contributed by atoms with E-state index in [2.05, 4.69) is 0 Å². The van der Waals surface area contributed by atoms with Crippen LogP contribution in [0.1, 0.15) is 5.56 Å². The van der Waals surface area contributed by atoms with Crippen molar-refractivity contribution in [3.05, 3.63) is 63.0 Å². The fourth-order valence-corrected chi connectivity index (χ4v) is 3.49. The van der Waals surface area contributed by atoms with Gasteiger partial charge in [0.25, 0.3) is 11.1 Å². The number of nitrogens with zero attached hydrogens (tertiary/aromatic N) is 1. The van der Waals surface area contributed by atoms with Gasteiger partial charge in [-0.05, 0) is 47.7 Å². The van der Waals surface area contributed by atoms with E-state index in [4.69, 9.17) is 27.9 Å². The molecule has 2 aromatic rings. The molecule has 1 aliphatic rings. The Labute approximate surface area is 153 Å². The number of anilines is 1. The van der Waals surface area contributed by atoms with Crippen LogP contribution in [-0.4, -0.2) is 18.3 Å². The number of ether oxygens (including phenoxy) is 1. The van der Waals surface area contributed by atoms with Crippen LogP contribution >= 0.6 is 35.0 Å².